The Morgan fingerprint density at radius 3 is 2.88 bits per heavy atom. The molecular weight excluding hydrogens is 370 g/mol. The summed E-state index contributed by atoms with van der Waals surface area (Å²) in [5, 5.41) is 12.0. The minimum absolute atomic E-state index is 0.0626. The zero-order chi connectivity index (χ0) is 18.1. The van der Waals surface area contributed by atoms with Gasteiger partial charge in [-0.2, -0.15) is 11.8 Å². The monoisotopic (exact) mass is 385 g/mol. The summed E-state index contributed by atoms with van der Waals surface area (Å²) >= 11 is 7.90. The number of hydrogen-bond acceptors (Lipinski definition) is 5. The first-order chi connectivity index (χ1) is 12.6. The molecule has 1 aliphatic heterocycles. The summed E-state index contributed by atoms with van der Waals surface area (Å²) in [7, 11) is 0. The Kier molecular flexibility index (Phi) is 4.74. The standard InChI is InChI=1S/C20H16ClNO3S/c21-13-5-3-4-12(10-13)17-11-15(22-8-9-26-17)18-19(23)14-6-1-2-7-16(14)25-20(18)24/h1-7,10,17,23H,8-9,11H2. The summed E-state index contributed by atoms with van der Waals surface area (Å²) in [5.41, 5.74) is 1.64. The highest BCUT2D eigenvalue weighted by molar-refractivity contribution is 7.99. The third kappa shape index (κ3) is 3.24. The molecule has 1 N–H and O–H groups in total. The molecule has 4 nitrogen and oxygen atoms in total. The third-order valence-corrected chi connectivity index (χ3v) is 5.88. The van der Waals surface area contributed by atoms with Crippen molar-refractivity contribution in [3.8, 4) is 5.75 Å². The maximum atomic E-state index is 12.5. The number of aliphatic imine (C=N–C) groups is 1. The highest BCUT2D eigenvalue weighted by atomic mass is 35.5. The summed E-state index contributed by atoms with van der Waals surface area (Å²) in [6, 6.07) is 14.7. The molecule has 1 aromatic heterocycles. The molecule has 132 valence electrons. The average Bonchev–Trinajstić information content (AvgIpc) is 2.88. The highest BCUT2D eigenvalue weighted by Crippen LogP contribution is 2.37. The van der Waals surface area contributed by atoms with Crippen LogP contribution in [0.2, 0.25) is 5.02 Å². The van der Waals surface area contributed by atoms with Gasteiger partial charge in [0.1, 0.15) is 16.9 Å². The first-order valence-corrected chi connectivity index (χ1v) is 9.72. The van der Waals surface area contributed by atoms with Gasteiger partial charge in [-0.15, -0.1) is 0 Å². The van der Waals surface area contributed by atoms with E-state index in [9.17, 15) is 9.90 Å². The number of para-hydroxylation sites is 1. The van der Waals surface area contributed by atoms with Crippen LogP contribution in [-0.4, -0.2) is 23.1 Å². The first-order valence-electron chi connectivity index (χ1n) is 8.29. The molecule has 1 atom stereocenters. The van der Waals surface area contributed by atoms with Crippen LogP contribution in [0.3, 0.4) is 0 Å². The van der Waals surface area contributed by atoms with Gasteiger partial charge in [-0.25, -0.2) is 4.79 Å². The lowest BCUT2D eigenvalue weighted by molar-refractivity contribution is 0.466. The lowest BCUT2D eigenvalue weighted by atomic mass is 10.0. The molecule has 0 amide bonds. The summed E-state index contributed by atoms with van der Waals surface area (Å²) < 4.78 is 5.40. The fraction of sp³-hybridized carbons (Fsp3) is 0.200. The fourth-order valence-corrected chi connectivity index (χ4v) is 4.46. The van der Waals surface area contributed by atoms with Crippen molar-refractivity contribution in [3.63, 3.8) is 0 Å². The Morgan fingerprint density at radius 2 is 2.04 bits per heavy atom. The van der Waals surface area contributed by atoms with Gasteiger partial charge in [0.2, 0.25) is 0 Å². The van der Waals surface area contributed by atoms with E-state index in [1.807, 2.05) is 24.3 Å². The molecule has 0 saturated carbocycles. The molecule has 0 aliphatic carbocycles. The second-order valence-corrected chi connectivity index (χ2v) is 7.80. The normalized spacial score (nSPS) is 17.7. The van der Waals surface area contributed by atoms with Crippen LogP contribution >= 0.6 is 23.4 Å². The van der Waals surface area contributed by atoms with Crippen LogP contribution in [0.4, 0.5) is 0 Å². The molecule has 3 aromatic rings. The van der Waals surface area contributed by atoms with E-state index in [4.69, 9.17) is 16.0 Å². The van der Waals surface area contributed by atoms with Gasteiger partial charge in [-0.3, -0.25) is 4.99 Å². The van der Waals surface area contributed by atoms with Crippen molar-refractivity contribution in [2.45, 2.75) is 11.7 Å². The van der Waals surface area contributed by atoms with Gasteiger partial charge in [0.15, 0.2) is 0 Å². The van der Waals surface area contributed by atoms with Crippen molar-refractivity contribution in [3.05, 3.63) is 75.1 Å². The van der Waals surface area contributed by atoms with E-state index in [0.717, 1.165) is 11.3 Å². The largest absolute Gasteiger partial charge is 0.506 e. The number of aromatic hydroxyl groups is 1. The molecule has 2 aromatic carbocycles. The summed E-state index contributed by atoms with van der Waals surface area (Å²) in [6.45, 7) is 0.586. The number of rotatable bonds is 2. The number of fused-ring (bicyclic) bond motifs is 1. The molecule has 4 rings (SSSR count). The Morgan fingerprint density at radius 1 is 1.19 bits per heavy atom. The number of nitrogens with zero attached hydrogens (tertiary/aromatic N) is 1. The van der Waals surface area contributed by atoms with Crippen LogP contribution in [0.25, 0.3) is 11.0 Å². The van der Waals surface area contributed by atoms with E-state index >= 15 is 0 Å². The van der Waals surface area contributed by atoms with Crippen LogP contribution in [0, 0.1) is 0 Å². The predicted octanol–water partition coefficient (Wildman–Crippen LogP) is 4.82. The van der Waals surface area contributed by atoms with E-state index in [1.165, 1.54) is 0 Å². The first kappa shape index (κ1) is 17.2. The quantitative estimate of drug-likeness (QED) is 0.642. The van der Waals surface area contributed by atoms with Gasteiger partial charge < -0.3 is 9.52 Å². The molecule has 26 heavy (non-hydrogen) atoms. The highest BCUT2D eigenvalue weighted by Gasteiger charge is 2.25. The lowest BCUT2D eigenvalue weighted by Crippen LogP contribution is -2.17. The van der Waals surface area contributed by atoms with Crippen molar-refractivity contribution in [2.24, 2.45) is 4.99 Å². The van der Waals surface area contributed by atoms with E-state index < -0.39 is 5.63 Å². The fourth-order valence-electron chi connectivity index (χ4n) is 3.16. The van der Waals surface area contributed by atoms with Crippen LogP contribution in [0.1, 0.15) is 22.8 Å². The maximum Gasteiger partial charge on any atom is 0.349 e. The second-order valence-electron chi connectivity index (χ2n) is 6.06. The Hall–Kier alpha value is -2.24. The zero-order valence-electron chi connectivity index (χ0n) is 13.8. The van der Waals surface area contributed by atoms with Crippen LogP contribution in [0.5, 0.6) is 5.75 Å². The minimum atomic E-state index is -0.559. The SMILES string of the molecule is O=c1oc2ccccc2c(O)c1C1=NCCSC(c2cccc(Cl)c2)C1. The molecule has 1 aliphatic rings. The van der Waals surface area contributed by atoms with Gasteiger partial charge in [0.25, 0.3) is 0 Å². The van der Waals surface area contributed by atoms with Crippen molar-refractivity contribution in [2.75, 3.05) is 12.3 Å². The molecule has 0 spiro atoms. The summed E-state index contributed by atoms with van der Waals surface area (Å²) in [4.78, 5) is 17.1. The van der Waals surface area contributed by atoms with Crippen LogP contribution < -0.4 is 5.63 Å². The molecule has 0 bridgehead atoms. The molecule has 2 heterocycles. The Bertz CT molecular complexity index is 1060. The van der Waals surface area contributed by atoms with Crippen molar-refractivity contribution < 1.29 is 9.52 Å². The summed E-state index contributed by atoms with van der Waals surface area (Å²) in [5.74, 6) is 0.771. The topological polar surface area (TPSA) is 62.8 Å². The van der Waals surface area contributed by atoms with Gasteiger partial charge in [-0.05, 0) is 29.8 Å². The smallest absolute Gasteiger partial charge is 0.349 e. The number of halogens is 1. The molecule has 6 heteroatoms. The molecule has 0 fully saturated rings. The Balaban J connectivity index is 1.78. The van der Waals surface area contributed by atoms with E-state index in [0.29, 0.717) is 34.7 Å². The molecule has 1 unspecified atom stereocenters. The third-order valence-electron chi connectivity index (χ3n) is 4.39. The van der Waals surface area contributed by atoms with Gasteiger partial charge >= 0.3 is 5.63 Å². The second kappa shape index (κ2) is 7.17. The van der Waals surface area contributed by atoms with Crippen LogP contribution in [0.15, 0.2) is 62.7 Å². The minimum Gasteiger partial charge on any atom is -0.506 e. The lowest BCUT2D eigenvalue weighted by Gasteiger charge is -2.16. The van der Waals surface area contributed by atoms with Gasteiger partial charge in [0, 0.05) is 29.0 Å². The van der Waals surface area contributed by atoms with Crippen molar-refractivity contribution in [1.82, 2.24) is 0 Å². The predicted molar refractivity (Wildman–Crippen MR) is 107 cm³/mol. The van der Waals surface area contributed by atoms with Crippen molar-refractivity contribution in [1.29, 1.82) is 0 Å². The van der Waals surface area contributed by atoms with Gasteiger partial charge in [-0.1, -0.05) is 35.9 Å². The molecule has 0 saturated heterocycles. The van der Waals surface area contributed by atoms with Crippen LogP contribution in [-0.2, 0) is 0 Å². The van der Waals surface area contributed by atoms with E-state index in [1.54, 1.807) is 36.0 Å². The number of thioether (sulfide) groups is 1. The van der Waals surface area contributed by atoms with E-state index in [-0.39, 0.29) is 16.6 Å². The molecular formula is C20H16ClNO3S. The zero-order valence-corrected chi connectivity index (χ0v) is 15.4. The maximum absolute atomic E-state index is 12.5. The van der Waals surface area contributed by atoms with E-state index in [2.05, 4.69) is 4.99 Å². The van der Waals surface area contributed by atoms with Crippen molar-refractivity contribution >= 4 is 40.0 Å². The summed E-state index contributed by atoms with van der Waals surface area (Å²) in [6.07, 6.45) is 0.529. The molecule has 0 radical (unpaired) electrons. The Labute approximate surface area is 159 Å². The number of hydrogen-bond donors (Lipinski definition) is 1. The number of benzene rings is 2. The average molecular weight is 386 g/mol. The van der Waals surface area contributed by atoms with Gasteiger partial charge in [0.05, 0.1) is 11.1 Å².